The third-order valence-corrected chi connectivity index (χ3v) is 9.26. The van der Waals surface area contributed by atoms with Crippen LogP contribution in [0.5, 0.6) is 0 Å². The van der Waals surface area contributed by atoms with E-state index in [-0.39, 0.29) is 18.6 Å². The van der Waals surface area contributed by atoms with Gasteiger partial charge in [-0.05, 0) is 35.5 Å². The van der Waals surface area contributed by atoms with E-state index < -0.39 is 0 Å². The number of morpholine rings is 1. The summed E-state index contributed by atoms with van der Waals surface area (Å²) >= 11 is 5.20. The molecule has 1 N–H and O–H groups in total. The molecule has 2 aliphatic rings. The second kappa shape index (κ2) is 9.35. The van der Waals surface area contributed by atoms with E-state index in [1.807, 2.05) is 16.5 Å². The van der Waals surface area contributed by atoms with Gasteiger partial charge in [0.15, 0.2) is 0 Å². The highest BCUT2D eigenvalue weighted by Crippen LogP contribution is 2.38. The van der Waals surface area contributed by atoms with Crippen LogP contribution in [0.3, 0.4) is 0 Å². The van der Waals surface area contributed by atoms with Crippen molar-refractivity contribution < 1.29 is 9.53 Å². The zero-order chi connectivity index (χ0) is 23.1. The van der Waals surface area contributed by atoms with Gasteiger partial charge >= 0.3 is 0 Å². The van der Waals surface area contributed by atoms with Gasteiger partial charge in [-0.25, -0.2) is 4.98 Å². The van der Waals surface area contributed by atoms with Gasteiger partial charge in [-0.1, -0.05) is 12.1 Å². The fraction of sp³-hybridized carbons (Fsp3) is 0.333. The monoisotopic (exact) mass is 511 g/mol. The van der Waals surface area contributed by atoms with Gasteiger partial charge < -0.3 is 18.9 Å². The number of H-pyrrole nitrogens is 1. The number of nitrogens with zero attached hydrogens (tertiary/aromatic N) is 4. The van der Waals surface area contributed by atoms with Crippen LogP contribution >= 0.6 is 34.6 Å². The summed E-state index contributed by atoms with van der Waals surface area (Å²) in [5.41, 5.74) is 3.32. The quantitative estimate of drug-likeness (QED) is 0.384. The first-order chi connectivity index (χ1) is 16.7. The van der Waals surface area contributed by atoms with Gasteiger partial charge in [0.05, 0.1) is 29.5 Å². The normalized spacial score (nSPS) is 19.0. The SMILES string of the molecule is CN(Sc1ccsc1CN1CCN2C(=O)COCC2C1)c1cccc2cc(-c3nccs3)[nH]c12. The molecule has 0 spiro atoms. The number of nitrogens with one attached hydrogen (secondary N) is 1. The number of ether oxygens (including phenoxy) is 1. The molecule has 4 aromatic rings. The molecule has 1 atom stereocenters. The second-order valence-electron chi connectivity index (χ2n) is 8.55. The molecule has 0 aliphatic carbocycles. The van der Waals surface area contributed by atoms with Gasteiger partial charge in [0.1, 0.15) is 11.6 Å². The van der Waals surface area contributed by atoms with Crippen molar-refractivity contribution >= 4 is 57.1 Å². The second-order valence-corrected chi connectivity index (χ2v) is 11.6. The minimum atomic E-state index is 0.126. The number of fused-ring (bicyclic) bond motifs is 2. The van der Waals surface area contributed by atoms with Crippen molar-refractivity contribution in [3.05, 3.63) is 52.2 Å². The van der Waals surface area contributed by atoms with Crippen LogP contribution in [0, 0.1) is 0 Å². The highest BCUT2D eigenvalue weighted by molar-refractivity contribution is 8.00. The molecule has 34 heavy (non-hydrogen) atoms. The third-order valence-electron chi connectivity index (χ3n) is 6.37. The Balaban J connectivity index is 1.18. The van der Waals surface area contributed by atoms with Gasteiger partial charge in [-0.3, -0.25) is 9.69 Å². The number of anilines is 1. The lowest BCUT2D eigenvalue weighted by atomic mass is 10.1. The smallest absolute Gasteiger partial charge is 0.248 e. The summed E-state index contributed by atoms with van der Waals surface area (Å²) in [6.45, 7) is 4.32. The summed E-state index contributed by atoms with van der Waals surface area (Å²) in [4.78, 5) is 27.2. The summed E-state index contributed by atoms with van der Waals surface area (Å²) in [6.07, 6.45) is 1.84. The molecule has 10 heteroatoms. The van der Waals surface area contributed by atoms with Crippen LogP contribution in [0.15, 0.2) is 52.2 Å². The minimum absolute atomic E-state index is 0.126. The Morgan fingerprint density at radius 3 is 3.09 bits per heavy atom. The van der Waals surface area contributed by atoms with Gasteiger partial charge in [0.2, 0.25) is 5.91 Å². The first-order valence-corrected chi connectivity index (χ1v) is 13.8. The highest BCUT2D eigenvalue weighted by Gasteiger charge is 2.34. The highest BCUT2D eigenvalue weighted by atomic mass is 32.2. The molecular weight excluding hydrogens is 486 g/mol. The molecule has 2 fully saturated rings. The van der Waals surface area contributed by atoms with E-state index in [1.165, 1.54) is 15.2 Å². The summed E-state index contributed by atoms with van der Waals surface area (Å²) in [6, 6.07) is 11.0. The number of benzene rings is 1. The number of rotatable bonds is 6. The van der Waals surface area contributed by atoms with Crippen LogP contribution in [-0.2, 0) is 16.1 Å². The summed E-state index contributed by atoms with van der Waals surface area (Å²) < 4.78 is 7.73. The summed E-state index contributed by atoms with van der Waals surface area (Å²) in [5.74, 6) is 0.126. The standard InChI is InChI=1S/C24H25N5O2S3/c1-27(19-4-2-3-16-11-18(26-23(16)19)24-25-6-10-33-24)34-20-5-9-32-21(20)13-28-7-8-29-17(12-28)14-31-15-22(29)30/h2-6,9-11,17,26H,7-8,12-15H2,1H3. The molecule has 0 bridgehead atoms. The molecule has 1 aromatic carbocycles. The van der Waals surface area contributed by atoms with E-state index in [0.29, 0.717) is 6.61 Å². The zero-order valence-electron chi connectivity index (χ0n) is 18.8. The minimum Gasteiger partial charge on any atom is -0.369 e. The number of aromatic nitrogens is 2. The van der Waals surface area contributed by atoms with Crippen molar-refractivity contribution in [2.75, 3.05) is 44.2 Å². The first-order valence-electron chi connectivity index (χ1n) is 11.2. The van der Waals surface area contributed by atoms with Gasteiger partial charge in [0.25, 0.3) is 0 Å². The predicted molar refractivity (Wildman–Crippen MR) is 140 cm³/mol. The maximum Gasteiger partial charge on any atom is 0.248 e. The Kier molecular flexibility index (Phi) is 6.08. The molecule has 0 saturated carbocycles. The molecule has 176 valence electrons. The lowest BCUT2D eigenvalue weighted by molar-refractivity contribution is -0.152. The molecule has 2 saturated heterocycles. The molecular formula is C24H25N5O2S3. The van der Waals surface area contributed by atoms with Crippen molar-refractivity contribution in [1.29, 1.82) is 0 Å². The molecule has 2 aliphatic heterocycles. The maximum absolute atomic E-state index is 12.1. The topological polar surface area (TPSA) is 64.7 Å². The molecule has 1 amide bonds. The van der Waals surface area contributed by atoms with Crippen LogP contribution < -0.4 is 4.31 Å². The number of carbonyl (C=O) groups is 1. The number of thiophene rings is 1. The van der Waals surface area contributed by atoms with Crippen LogP contribution in [0.25, 0.3) is 21.6 Å². The Morgan fingerprint density at radius 1 is 1.26 bits per heavy atom. The number of thiazole rings is 1. The van der Waals surface area contributed by atoms with Crippen LogP contribution in [-0.4, -0.2) is 71.6 Å². The average molecular weight is 512 g/mol. The molecule has 1 unspecified atom stereocenters. The zero-order valence-corrected chi connectivity index (χ0v) is 21.2. The Morgan fingerprint density at radius 2 is 2.21 bits per heavy atom. The lowest BCUT2D eigenvalue weighted by Crippen LogP contribution is -2.59. The number of piperazine rings is 1. The van der Waals surface area contributed by atoms with Crippen molar-refractivity contribution in [3.8, 4) is 10.7 Å². The fourth-order valence-electron chi connectivity index (χ4n) is 4.70. The number of aromatic amines is 1. The molecule has 5 heterocycles. The van der Waals surface area contributed by atoms with Crippen LogP contribution in [0.4, 0.5) is 5.69 Å². The average Bonchev–Trinajstić information content (AvgIpc) is 3.60. The predicted octanol–water partition coefficient (Wildman–Crippen LogP) is 4.54. The van der Waals surface area contributed by atoms with Gasteiger partial charge in [0, 0.05) is 60.0 Å². The Bertz CT molecular complexity index is 1300. The van der Waals surface area contributed by atoms with E-state index in [4.69, 9.17) is 4.74 Å². The number of amides is 1. The number of carbonyl (C=O) groups excluding carboxylic acids is 1. The van der Waals surface area contributed by atoms with Crippen molar-refractivity contribution in [2.45, 2.75) is 17.5 Å². The van der Waals surface area contributed by atoms with Crippen molar-refractivity contribution in [3.63, 3.8) is 0 Å². The van der Waals surface area contributed by atoms with E-state index in [0.717, 1.165) is 48.1 Å². The van der Waals surface area contributed by atoms with Crippen molar-refractivity contribution in [1.82, 2.24) is 19.8 Å². The molecule has 3 aromatic heterocycles. The van der Waals surface area contributed by atoms with E-state index >= 15 is 0 Å². The molecule has 0 radical (unpaired) electrons. The Labute approximate surface area is 210 Å². The largest absolute Gasteiger partial charge is 0.369 e. The summed E-state index contributed by atoms with van der Waals surface area (Å²) in [7, 11) is 2.12. The first kappa shape index (κ1) is 22.1. The van der Waals surface area contributed by atoms with Crippen LogP contribution in [0.2, 0.25) is 0 Å². The van der Waals surface area contributed by atoms with Crippen molar-refractivity contribution in [2.24, 2.45) is 0 Å². The van der Waals surface area contributed by atoms with E-state index in [1.54, 1.807) is 34.6 Å². The van der Waals surface area contributed by atoms with Crippen LogP contribution in [0.1, 0.15) is 4.88 Å². The summed E-state index contributed by atoms with van der Waals surface area (Å²) in [5, 5.41) is 6.36. The number of hydrogen-bond acceptors (Lipinski definition) is 8. The van der Waals surface area contributed by atoms with E-state index in [9.17, 15) is 4.79 Å². The van der Waals surface area contributed by atoms with Gasteiger partial charge in [-0.2, -0.15) is 0 Å². The maximum atomic E-state index is 12.1. The van der Waals surface area contributed by atoms with Gasteiger partial charge in [-0.15, -0.1) is 22.7 Å². The lowest BCUT2D eigenvalue weighted by Gasteiger charge is -2.43. The number of para-hydroxylation sites is 1. The fourth-order valence-corrected chi connectivity index (χ4v) is 7.30. The molecule has 6 rings (SSSR count). The Hall–Kier alpha value is -2.37. The molecule has 7 nitrogen and oxygen atoms in total. The van der Waals surface area contributed by atoms with E-state index in [2.05, 4.69) is 61.9 Å². The third kappa shape index (κ3) is 4.25. The number of hydrogen-bond donors (Lipinski definition) is 1.